The molecule has 12 nitrogen and oxygen atoms in total. The number of aliphatic carboxylic acids is 1. The van der Waals surface area contributed by atoms with Crippen LogP contribution in [0.15, 0.2) is 30.5 Å². The Labute approximate surface area is 218 Å². The van der Waals surface area contributed by atoms with Gasteiger partial charge in [0.15, 0.2) is 0 Å². The lowest BCUT2D eigenvalue weighted by Crippen LogP contribution is -2.58. The van der Waals surface area contributed by atoms with Crippen LogP contribution in [0, 0.1) is 0 Å². The summed E-state index contributed by atoms with van der Waals surface area (Å²) in [6, 6.07) is 2.67. The lowest BCUT2D eigenvalue weighted by atomic mass is 10.0. The number of carboxylic acids is 1. The molecule has 4 atom stereocenters. The van der Waals surface area contributed by atoms with Gasteiger partial charge >= 0.3 is 5.97 Å². The van der Waals surface area contributed by atoms with Crippen molar-refractivity contribution in [1.82, 2.24) is 20.9 Å². The number of primary amides is 1. The number of aromatic amines is 1. The molecular weight excluding hydrogens is 508 g/mol. The fourth-order valence-electron chi connectivity index (χ4n) is 3.36. The first-order valence-electron chi connectivity index (χ1n) is 11.0. The third-order valence-corrected chi connectivity index (χ3v) is 6.11. The van der Waals surface area contributed by atoms with E-state index in [9.17, 15) is 29.1 Å². The van der Waals surface area contributed by atoms with Gasteiger partial charge in [0.1, 0.15) is 18.1 Å². The number of amides is 4. The van der Waals surface area contributed by atoms with Crippen LogP contribution in [0.2, 0.25) is 0 Å². The van der Waals surface area contributed by atoms with Gasteiger partial charge in [-0.15, -0.1) is 0 Å². The summed E-state index contributed by atoms with van der Waals surface area (Å²) in [6.45, 7) is 0. The van der Waals surface area contributed by atoms with Gasteiger partial charge in [-0.3, -0.25) is 19.2 Å². The number of carboxylic acid groups (broad SMARTS) is 1. The van der Waals surface area contributed by atoms with Crippen molar-refractivity contribution in [1.29, 1.82) is 0 Å². The zero-order valence-electron chi connectivity index (χ0n) is 19.3. The fourth-order valence-corrected chi connectivity index (χ4v) is 3.87. The van der Waals surface area contributed by atoms with Crippen molar-refractivity contribution in [3.63, 3.8) is 0 Å². The first-order valence-corrected chi connectivity index (χ1v) is 12.3. The molecule has 0 saturated heterocycles. The van der Waals surface area contributed by atoms with Crippen molar-refractivity contribution in [3.05, 3.63) is 36.0 Å². The number of fused-ring (bicyclic) bond motifs is 1. The molecule has 1 heterocycles. The van der Waals surface area contributed by atoms with Crippen molar-refractivity contribution in [3.8, 4) is 0 Å². The molecule has 0 aliphatic heterocycles. The predicted octanol–water partition coefficient (Wildman–Crippen LogP) is -1.30. The molecule has 36 heavy (non-hydrogen) atoms. The van der Waals surface area contributed by atoms with Crippen LogP contribution in [0.3, 0.4) is 0 Å². The molecule has 0 radical (unpaired) electrons. The second-order valence-electron chi connectivity index (χ2n) is 8.06. The highest BCUT2D eigenvalue weighted by atomic mass is 32.1. The third-order valence-electron chi connectivity index (χ3n) is 5.38. The lowest BCUT2D eigenvalue weighted by molar-refractivity contribution is -0.141. The lowest BCUT2D eigenvalue weighted by Gasteiger charge is -2.24. The molecule has 14 heteroatoms. The molecule has 0 fully saturated rings. The number of nitrogens with one attached hydrogen (secondary N) is 4. The quantitative estimate of drug-likeness (QED) is 0.133. The number of para-hydroxylation sites is 1. The number of nitrogens with two attached hydrogens (primary N) is 2. The zero-order valence-corrected chi connectivity index (χ0v) is 21.1. The maximum Gasteiger partial charge on any atom is 0.327 e. The topological polar surface area (TPSA) is 209 Å². The number of hydrogen-bond acceptors (Lipinski definition) is 8. The summed E-state index contributed by atoms with van der Waals surface area (Å²) in [5, 5.41) is 17.5. The van der Waals surface area contributed by atoms with Crippen LogP contribution >= 0.6 is 25.3 Å². The van der Waals surface area contributed by atoms with Gasteiger partial charge in [-0.05, 0) is 18.1 Å². The van der Waals surface area contributed by atoms with Gasteiger partial charge < -0.3 is 37.5 Å². The van der Waals surface area contributed by atoms with E-state index < -0.39 is 53.8 Å². The molecule has 0 aliphatic carbocycles. The van der Waals surface area contributed by atoms with E-state index in [4.69, 9.17) is 11.5 Å². The van der Waals surface area contributed by atoms with E-state index in [2.05, 4.69) is 46.2 Å². The van der Waals surface area contributed by atoms with E-state index in [0.29, 0.717) is 5.56 Å². The first-order chi connectivity index (χ1) is 17.1. The summed E-state index contributed by atoms with van der Waals surface area (Å²) in [6.07, 6.45) is 1.62. The number of aromatic nitrogens is 1. The normalized spacial score (nSPS) is 14.3. The molecule has 0 aliphatic rings. The molecule has 2 rings (SSSR count). The van der Waals surface area contributed by atoms with Gasteiger partial charge in [0.2, 0.25) is 23.6 Å². The molecule has 9 N–H and O–H groups in total. The summed E-state index contributed by atoms with van der Waals surface area (Å²) >= 11 is 8.06. The minimum Gasteiger partial charge on any atom is -0.480 e. The summed E-state index contributed by atoms with van der Waals surface area (Å²) in [4.78, 5) is 63.7. The smallest absolute Gasteiger partial charge is 0.327 e. The Kier molecular flexibility index (Phi) is 11.1. The van der Waals surface area contributed by atoms with Crippen molar-refractivity contribution in [2.24, 2.45) is 11.5 Å². The Morgan fingerprint density at radius 1 is 0.917 bits per heavy atom. The third kappa shape index (κ3) is 8.17. The van der Waals surface area contributed by atoms with Crippen LogP contribution in [-0.4, -0.2) is 75.4 Å². The Morgan fingerprint density at radius 3 is 2.11 bits per heavy atom. The molecule has 1 aromatic heterocycles. The highest BCUT2D eigenvalue weighted by Crippen LogP contribution is 2.19. The number of thiol groups is 2. The SMILES string of the molecule is NC(=O)CCC(N)C(=O)NC(CS)C(=O)NC(Cc1c[nH]c2ccccc12)C(=O)NC(CS)C(=O)O. The van der Waals surface area contributed by atoms with Crippen LogP contribution in [0.4, 0.5) is 0 Å². The number of carbonyl (C=O) groups is 5. The number of rotatable bonds is 14. The summed E-state index contributed by atoms with van der Waals surface area (Å²) in [5.41, 5.74) is 12.4. The van der Waals surface area contributed by atoms with E-state index in [1.165, 1.54) is 0 Å². The first kappa shape index (κ1) is 29.0. The van der Waals surface area contributed by atoms with Crippen molar-refractivity contribution >= 4 is 65.8 Å². The number of benzene rings is 1. The minimum absolute atomic E-state index is 0.00598. The molecule has 0 spiro atoms. The highest BCUT2D eigenvalue weighted by molar-refractivity contribution is 7.80. The van der Waals surface area contributed by atoms with E-state index in [1.54, 1.807) is 6.20 Å². The molecule has 4 unspecified atom stereocenters. The molecule has 196 valence electrons. The van der Waals surface area contributed by atoms with E-state index in [-0.39, 0.29) is 30.8 Å². The Hall–Kier alpha value is -3.23. The fraction of sp³-hybridized carbons (Fsp3) is 0.409. The molecule has 2 aromatic rings. The number of hydrogen-bond donors (Lipinski definition) is 9. The summed E-state index contributed by atoms with van der Waals surface area (Å²) in [5.74, 6) is -4.32. The summed E-state index contributed by atoms with van der Waals surface area (Å²) in [7, 11) is 0. The van der Waals surface area contributed by atoms with Gasteiger partial charge in [-0.25, -0.2) is 4.79 Å². The maximum absolute atomic E-state index is 13.0. The average molecular weight is 539 g/mol. The van der Waals surface area contributed by atoms with Crippen LogP contribution in [0.25, 0.3) is 10.9 Å². The van der Waals surface area contributed by atoms with Crippen LogP contribution in [0.1, 0.15) is 18.4 Å². The second-order valence-corrected chi connectivity index (χ2v) is 8.79. The van der Waals surface area contributed by atoms with Crippen LogP contribution in [0.5, 0.6) is 0 Å². The van der Waals surface area contributed by atoms with Crippen molar-refractivity contribution in [2.75, 3.05) is 11.5 Å². The van der Waals surface area contributed by atoms with Gasteiger partial charge in [0.25, 0.3) is 0 Å². The number of carbonyl (C=O) groups excluding carboxylic acids is 4. The average Bonchev–Trinajstić information content (AvgIpc) is 3.25. The van der Waals surface area contributed by atoms with Crippen molar-refractivity contribution in [2.45, 2.75) is 43.4 Å². The van der Waals surface area contributed by atoms with Crippen molar-refractivity contribution < 1.29 is 29.1 Å². The highest BCUT2D eigenvalue weighted by Gasteiger charge is 2.30. The van der Waals surface area contributed by atoms with Crippen LogP contribution < -0.4 is 27.4 Å². The predicted molar refractivity (Wildman–Crippen MR) is 140 cm³/mol. The molecular formula is C22H30N6O6S2. The van der Waals surface area contributed by atoms with Gasteiger partial charge in [0.05, 0.1) is 6.04 Å². The van der Waals surface area contributed by atoms with Gasteiger partial charge in [-0.1, -0.05) is 18.2 Å². The number of H-pyrrole nitrogens is 1. The zero-order chi connectivity index (χ0) is 26.8. The molecule has 4 amide bonds. The molecule has 0 saturated carbocycles. The maximum atomic E-state index is 13.0. The Bertz CT molecular complexity index is 1110. The van der Waals surface area contributed by atoms with E-state index in [0.717, 1.165) is 10.9 Å². The molecule has 0 bridgehead atoms. The van der Waals surface area contributed by atoms with E-state index in [1.807, 2.05) is 24.3 Å². The minimum atomic E-state index is -1.28. The largest absolute Gasteiger partial charge is 0.480 e. The Balaban J connectivity index is 2.20. The monoisotopic (exact) mass is 538 g/mol. The standard InChI is InChI=1S/C22H30N6O6S2/c23-13(5-6-18(24)29)19(30)27-16(9-35)21(32)26-15(20(31)28-17(10-36)22(33)34)7-11-8-25-14-4-2-1-3-12(11)14/h1-4,8,13,15-17,25,35-36H,5-7,9-10,23H2,(H2,24,29)(H,26,32)(H,27,30)(H,28,31)(H,33,34). The van der Waals surface area contributed by atoms with Crippen LogP contribution in [-0.2, 0) is 30.4 Å². The van der Waals surface area contributed by atoms with E-state index >= 15 is 0 Å². The molecule has 1 aromatic carbocycles. The van der Waals surface area contributed by atoms with Gasteiger partial charge in [0, 0.05) is 41.4 Å². The summed E-state index contributed by atoms with van der Waals surface area (Å²) < 4.78 is 0. The second kappa shape index (κ2) is 13.8. The van der Waals surface area contributed by atoms with Gasteiger partial charge in [-0.2, -0.15) is 25.3 Å². The Morgan fingerprint density at radius 2 is 1.50 bits per heavy atom.